The van der Waals surface area contributed by atoms with Crippen LogP contribution in [0.4, 0.5) is 0 Å². The molecule has 0 N–H and O–H groups in total. The fourth-order valence-corrected chi connectivity index (χ4v) is 2.26. The largest absolute Gasteiger partial charge is 0.465 e. The molecule has 0 unspecified atom stereocenters. The summed E-state index contributed by atoms with van der Waals surface area (Å²) in [4.78, 5) is 20.8. The standard InChI is InChI=1S/C19H17N3O4/c1-13-5-3-4-6-16(13)18-21-17(26-22-18)12-25-20-11-14-7-9-15(10-8-14)19(23)24-2/h3-11H,12H2,1-2H3. The van der Waals surface area contributed by atoms with E-state index < -0.39 is 0 Å². The van der Waals surface area contributed by atoms with Crippen molar-refractivity contribution in [1.29, 1.82) is 0 Å². The van der Waals surface area contributed by atoms with Gasteiger partial charge in [0.1, 0.15) is 0 Å². The molecule has 0 atom stereocenters. The topological polar surface area (TPSA) is 86.8 Å². The Balaban J connectivity index is 1.56. The van der Waals surface area contributed by atoms with Crippen LogP contribution in [0.5, 0.6) is 0 Å². The van der Waals surface area contributed by atoms with Crippen molar-refractivity contribution in [1.82, 2.24) is 10.1 Å². The van der Waals surface area contributed by atoms with Crippen LogP contribution in [0, 0.1) is 6.92 Å². The zero-order chi connectivity index (χ0) is 18.4. The Morgan fingerprint density at radius 2 is 1.96 bits per heavy atom. The van der Waals surface area contributed by atoms with Crippen molar-refractivity contribution in [3.05, 3.63) is 71.1 Å². The number of oxime groups is 1. The molecule has 0 bridgehead atoms. The predicted octanol–water partition coefficient (Wildman–Crippen LogP) is 3.38. The normalized spacial score (nSPS) is 10.8. The van der Waals surface area contributed by atoms with Gasteiger partial charge >= 0.3 is 5.97 Å². The summed E-state index contributed by atoms with van der Waals surface area (Å²) in [5.74, 6) is 0.469. The molecule has 3 rings (SSSR count). The first-order valence-corrected chi connectivity index (χ1v) is 7.89. The smallest absolute Gasteiger partial charge is 0.337 e. The molecule has 0 amide bonds. The number of rotatable bonds is 6. The van der Waals surface area contributed by atoms with E-state index in [1.165, 1.54) is 13.3 Å². The Morgan fingerprint density at radius 3 is 2.69 bits per heavy atom. The van der Waals surface area contributed by atoms with Gasteiger partial charge in [-0.1, -0.05) is 46.7 Å². The second-order valence-electron chi connectivity index (χ2n) is 5.45. The van der Waals surface area contributed by atoms with Crippen LogP contribution in [0.1, 0.15) is 27.4 Å². The number of esters is 1. The van der Waals surface area contributed by atoms with E-state index in [1.807, 2.05) is 31.2 Å². The highest BCUT2D eigenvalue weighted by Crippen LogP contribution is 2.19. The number of carbonyl (C=O) groups is 1. The Bertz CT molecular complexity index is 917. The van der Waals surface area contributed by atoms with Crippen molar-refractivity contribution in [2.24, 2.45) is 5.16 Å². The molecule has 1 aromatic heterocycles. The van der Waals surface area contributed by atoms with Gasteiger partial charge in [0.2, 0.25) is 5.82 Å². The molecule has 1 heterocycles. The van der Waals surface area contributed by atoms with Gasteiger partial charge in [-0.15, -0.1) is 0 Å². The lowest BCUT2D eigenvalue weighted by atomic mass is 10.1. The molecular formula is C19H17N3O4. The molecule has 7 nitrogen and oxygen atoms in total. The summed E-state index contributed by atoms with van der Waals surface area (Å²) in [6, 6.07) is 14.6. The maximum Gasteiger partial charge on any atom is 0.337 e. The third-order valence-corrected chi connectivity index (χ3v) is 3.65. The van der Waals surface area contributed by atoms with E-state index in [2.05, 4.69) is 20.0 Å². The van der Waals surface area contributed by atoms with Crippen LogP contribution in [0.15, 0.2) is 58.2 Å². The quantitative estimate of drug-likeness (QED) is 0.384. The van der Waals surface area contributed by atoms with E-state index in [1.54, 1.807) is 24.3 Å². The molecule has 0 saturated carbocycles. The minimum Gasteiger partial charge on any atom is -0.465 e. The molecule has 0 saturated heterocycles. The number of ether oxygens (including phenoxy) is 1. The summed E-state index contributed by atoms with van der Waals surface area (Å²) in [5, 5.41) is 7.82. The van der Waals surface area contributed by atoms with Crippen molar-refractivity contribution >= 4 is 12.2 Å². The molecule has 26 heavy (non-hydrogen) atoms. The fourth-order valence-electron chi connectivity index (χ4n) is 2.26. The van der Waals surface area contributed by atoms with Gasteiger partial charge in [0.15, 0.2) is 6.61 Å². The van der Waals surface area contributed by atoms with Gasteiger partial charge in [-0.05, 0) is 30.2 Å². The summed E-state index contributed by atoms with van der Waals surface area (Å²) in [6.45, 7) is 2.05. The summed E-state index contributed by atoms with van der Waals surface area (Å²) >= 11 is 0. The number of carbonyl (C=O) groups excluding carboxylic acids is 1. The Hall–Kier alpha value is -3.48. The van der Waals surface area contributed by atoms with Crippen molar-refractivity contribution in [3.8, 4) is 11.4 Å². The van der Waals surface area contributed by atoms with Gasteiger partial charge in [-0.2, -0.15) is 4.98 Å². The lowest BCUT2D eigenvalue weighted by Gasteiger charge is -1.99. The molecule has 132 valence electrons. The number of hydrogen-bond donors (Lipinski definition) is 0. The molecule has 0 radical (unpaired) electrons. The number of nitrogens with zero attached hydrogens (tertiary/aromatic N) is 3. The molecule has 0 aliphatic carbocycles. The predicted molar refractivity (Wildman–Crippen MR) is 94.6 cm³/mol. The summed E-state index contributed by atoms with van der Waals surface area (Å²) in [7, 11) is 1.34. The van der Waals surface area contributed by atoms with Crippen LogP contribution in [0.3, 0.4) is 0 Å². The average molecular weight is 351 g/mol. The lowest BCUT2D eigenvalue weighted by molar-refractivity contribution is 0.0600. The molecule has 3 aromatic rings. The van der Waals surface area contributed by atoms with Crippen LogP contribution in [-0.2, 0) is 16.2 Å². The molecule has 2 aromatic carbocycles. The molecular weight excluding hydrogens is 334 g/mol. The number of aromatic nitrogens is 2. The third kappa shape index (κ3) is 4.13. The highest BCUT2D eigenvalue weighted by atomic mass is 16.6. The Labute approximate surface area is 150 Å². The minimum absolute atomic E-state index is 0.0651. The second-order valence-corrected chi connectivity index (χ2v) is 5.45. The lowest BCUT2D eigenvalue weighted by Crippen LogP contribution is -2.00. The van der Waals surface area contributed by atoms with Crippen LogP contribution in [0.25, 0.3) is 11.4 Å². The Kier molecular flexibility index (Phi) is 5.38. The maximum absolute atomic E-state index is 11.4. The Morgan fingerprint density at radius 1 is 1.19 bits per heavy atom. The van der Waals surface area contributed by atoms with Gasteiger partial charge in [0.05, 0.1) is 18.9 Å². The average Bonchev–Trinajstić information content (AvgIpc) is 3.14. The van der Waals surface area contributed by atoms with E-state index in [4.69, 9.17) is 9.36 Å². The molecule has 0 aliphatic rings. The van der Waals surface area contributed by atoms with Gasteiger partial charge in [0.25, 0.3) is 5.89 Å². The number of aryl methyl sites for hydroxylation is 1. The summed E-state index contributed by atoms with van der Waals surface area (Å²) < 4.78 is 9.81. The summed E-state index contributed by atoms with van der Waals surface area (Å²) in [6.07, 6.45) is 1.53. The molecule has 0 spiro atoms. The SMILES string of the molecule is COC(=O)c1ccc(C=NOCc2nc(-c3ccccc3C)no2)cc1. The van der Waals surface area contributed by atoms with Crippen LogP contribution in [-0.4, -0.2) is 29.4 Å². The van der Waals surface area contributed by atoms with Gasteiger partial charge < -0.3 is 14.1 Å². The molecule has 0 aliphatic heterocycles. The van der Waals surface area contributed by atoms with Crippen molar-refractivity contribution in [2.75, 3.05) is 7.11 Å². The van der Waals surface area contributed by atoms with Crippen molar-refractivity contribution in [3.63, 3.8) is 0 Å². The van der Waals surface area contributed by atoms with Crippen LogP contribution < -0.4 is 0 Å². The van der Waals surface area contributed by atoms with E-state index >= 15 is 0 Å². The van der Waals surface area contributed by atoms with E-state index in [9.17, 15) is 4.79 Å². The number of methoxy groups -OCH3 is 1. The van der Waals surface area contributed by atoms with E-state index in [0.29, 0.717) is 17.3 Å². The second kappa shape index (κ2) is 8.06. The first kappa shape index (κ1) is 17.3. The van der Waals surface area contributed by atoms with Crippen LogP contribution >= 0.6 is 0 Å². The maximum atomic E-state index is 11.4. The van der Waals surface area contributed by atoms with Gasteiger partial charge in [0, 0.05) is 5.56 Å². The third-order valence-electron chi connectivity index (χ3n) is 3.65. The number of benzene rings is 2. The highest BCUT2D eigenvalue weighted by Gasteiger charge is 2.10. The van der Waals surface area contributed by atoms with Crippen molar-refractivity contribution < 1.29 is 18.9 Å². The minimum atomic E-state index is -0.384. The van der Waals surface area contributed by atoms with Gasteiger partial charge in [-0.3, -0.25) is 0 Å². The van der Waals surface area contributed by atoms with E-state index in [-0.39, 0.29) is 12.6 Å². The fraction of sp³-hybridized carbons (Fsp3) is 0.158. The van der Waals surface area contributed by atoms with Crippen molar-refractivity contribution in [2.45, 2.75) is 13.5 Å². The summed E-state index contributed by atoms with van der Waals surface area (Å²) in [5.41, 5.74) is 3.23. The zero-order valence-corrected chi connectivity index (χ0v) is 14.4. The van der Waals surface area contributed by atoms with Crippen LogP contribution in [0.2, 0.25) is 0 Å². The monoisotopic (exact) mass is 351 g/mol. The number of hydrogen-bond acceptors (Lipinski definition) is 7. The first-order chi connectivity index (χ1) is 12.7. The highest BCUT2D eigenvalue weighted by molar-refractivity contribution is 5.90. The van der Waals surface area contributed by atoms with E-state index in [0.717, 1.165) is 16.7 Å². The first-order valence-electron chi connectivity index (χ1n) is 7.89. The molecule has 0 fully saturated rings. The van der Waals surface area contributed by atoms with Gasteiger partial charge in [-0.25, -0.2) is 4.79 Å². The molecule has 7 heteroatoms. The zero-order valence-electron chi connectivity index (χ0n) is 14.4.